The number of carbonyl (C=O) groups is 1. The van der Waals surface area contributed by atoms with E-state index < -0.39 is 5.82 Å². The van der Waals surface area contributed by atoms with Crippen molar-refractivity contribution in [1.29, 1.82) is 0 Å². The van der Waals surface area contributed by atoms with Gasteiger partial charge >= 0.3 is 0 Å². The van der Waals surface area contributed by atoms with E-state index in [0.29, 0.717) is 16.7 Å². The first-order chi connectivity index (χ1) is 8.49. The number of hydrogen-bond donors (Lipinski definition) is 0. The van der Waals surface area contributed by atoms with Gasteiger partial charge in [-0.3, -0.25) is 4.79 Å². The zero-order valence-corrected chi connectivity index (χ0v) is 11.8. The molecular formula is C14H9BrClFO. The van der Waals surface area contributed by atoms with E-state index >= 15 is 0 Å². The molecule has 0 fully saturated rings. The van der Waals surface area contributed by atoms with Crippen LogP contribution in [0.1, 0.15) is 21.5 Å². The molecule has 0 aliphatic heterocycles. The molecule has 2 aromatic rings. The van der Waals surface area contributed by atoms with Gasteiger partial charge in [-0.2, -0.15) is 0 Å². The summed E-state index contributed by atoms with van der Waals surface area (Å²) in [7, 11) is 0. The maximum atomic E-state index is 13.3. The third-order valence-electron chi connectivity index (χ3n) is 2.60. The van der Waals surface area contributed by atoms with Crippen molar-refractivity contribution in [3.63, 3.8) is 0 Å². The van der Waals surface area contributed by atoms with Crippen LogP contribution in [-0.2, 0) is 0 Å². The first kappa shape index (κ1) is 13.2. The molecule has 0 saturated carbocycles. The second kappa shape index (κ2) is 5.21. The summed E-state index contributed by atoms with van der Waals surface area (Å²) in [6.07, 6.45) is 0. The molecule has 0 bridgehead atoms. The van der Waals surface area contributed by atoms with E-state index in [9.17, 15) is 9.18 Å². The van der Waals surface area contributed by atoms with Crippen LogP contribution in [0.15, 0.2) is 40.9 Å². The number of rotatable bonds is 2. The second-order valence-corrected chi connectivity index (χ2v) is 5.24. The number of ketones is 1. The van der Waals surface area contributed by atoms with E-state index in [1.165, 1.54) is 12.1 Å². The van der Waals surface area contributed by atoms with Gasteiger partial charge in [0.2, 0.25) is 0 Å². The van der Waals surface area contributed by atoms with Crippen molar-refractivity contribution < 1.29 is 9.18 Å². The molecule has 0 heterocycles. The standard InChI is InChI=1S/C14H9BrClFO/c1-8-6-11(12(16)7-13(8)17)14(18)9-2-4-10(15)5-3-9/h2-7H,1H3. The van der Waals surface area contributed by atoms with Crippen LogP contribution in [0.4, 0.5) is 4.39 Å². The van der Waals surface area contributed by atoms with E-state index in [4.69, 9.17) is 11.6 Å². The summed E-state index contributed by atoms with van der Waals surface area (Å²) in [5, 5.41) is 0.131. The molecular weight excluding hydrogens is 319 g/mol. The van der Waals surface area contributed by atoms with E-state index in [1.54, 1.807) is 31.2 Å². The number of carbonyl (C=O) groups excluding carboxylic acids is 1. The largest absolute Gasteiger partial charge is 0.289 e. The molecule has 0 aliphatic rings. The summed E-state index contributed by atoms with van der Waals surface area (Å²) in [6.45, 7) is 1.60. The Hall–Kier alpha value is -1.19. The average molecular weight is 328 g/mol. The van der Waals surface area contributed by atoms with Crippen LogP contribution in [-0.4, -0.2) is 5.78 Å². The lowest BCUT2D eigenvalue weighted by Gasteiger charge is -2.06. The molecule has 2 rings (SSSR count). The normalized spacial score (nSPS) is 10.4. The van der Waals surface area contributed by atoms with Crippen molar-refractivity contribution in [2.24, 2.45) is 0 Å². The fourth-order valence-corrected chi connectivity index (χ4v) is 2.09. The van der Waals surface area contributed by atoms with Crippen LogP contribution in [0.3, 0.4) is 0 Å². The van der Waals surface area contributed by atoms with E-state index in [2.05, 4.69) is 15.9 Å². The quantitative estimate of drug-likeness (QED) is 0.725. The Kier molecular flexibility index (Phi) is 3.83. The minimum Gasteiger partial charge on any atom is -0.289 e. The van der Waals surface area contributed by atoms with Crippen LogP contribution in [0.25, 0.3) is 0 Å². The van der Waals surface area contributed by atoms with Gasteiger partial charge in [-0.1, -0.05) is 27.5 Å². The van der Waals surface area contributed by atoms with Crippen LogP contribution in [0.5, 0.6) is 0 Å². The molecule has 0 radical (unpaired) electrons. The Morgan fingerprint density at radius 1 is 1.22 bits per heavy atom. The molecule has 0 N–H and O–H groups in total. The fourth-order valence-electron chi connectivity index (χ4n) is 1.59. The van der Waals surface area contributed by atoms with E-state index in [0.717, 1.165) is 4.47 Å². The highest BCUT2D eigenvalue weighted by Gasteiger charge is 2.15. The zero-order chi connectivity index (χ0) is 13.3. The van der Waals surface area contributed by atoms with Gasteiger partial charge in [0.15, 0.2) is 5.78 Å². The summed E-state index contributed by atoms with van der Waals surface area (Å²) in [5.41, 5.74) is 1.24. The highest BCUT2D eigenvalue weighted by molar-refractivity contribution is 9.10. The molecule has 18 heavy (non-hydrogen) atoms. The fraction of sp³-hybridized carbons (Fsp3) is 0.0714. The number of benzene rings is 2. The first-order valence-electron chi connectivity index (χ1n) is 5.25. The maximum Gasteiger partial charge on any atom is 0.194 e. The third-order valence-corrected chi connectivity index (χ3v) is 3.44. The van der Waals surface area contributed by atoms with Gasteiger partial charge in [-0.05, 0) is 48.9 Å². The molecule has 2 aromatic carbocycles. The Labute approximate surface area is 118 Å². The van der Waals surface area contributed by atoms with Crippen LogP contribution in [0.2, 0.25) is 5.02 Å². The predicted molar refractivity (Wildman–Crippen MR) is 73.7 cm³/mol. The van der Waals surface area contributed by atoms with Crippen molar-refractivity contribution in [3.05, 3.63) is 68.4 Å². The van der Waals surface area contributed by atoms with Gasteiger partial charge in [0.25, 0.3) is 0 Å². The summed E-state index contributed by atoms with van der Waals surface area (Å²) in [6, 6.07) is 9.59. The van der Waals surface area contributed by atoms with Gasteiger partial charge < -0.3 is 0 Å². The summed E-state index contributed by atoms with van der Waals surface area (Å²) >= 11 is 9.21. The van der Waals surface area contributed by atoms with Crippen molar-refractivity contribution in [2.45, 2.75) is 6.92 Å². The SMILES string of the molecule is Cc1cc(C(=O)c2ccc(Br)cc2)c(Cl)cc1F. The van der Waals surface area contributed by atoms with Gasteiger partial charge in [0.05, 0.1) is 5.02 Å². The van der Waals surface area contributed by atoms with Crippen molar-refractivity contribution >= 4 is 33.3 Å². The summed E-state index contributed by atoms with van der Waals surface area (Å²) in [5.74, 6) is -0.622. The maximum absolute atomic E-state index is 13.3. The molecule has 0 amide bonds. The topological polar surface area (TPSA) is 17.1 Å². The van der Waals surface area contributed by atoms with Crippen LogP contribution < -0.4 is 0 Å². The summed E-state index contributed by atoms with van der Waals surface area (Å²) in [4.78, 5) is 12.2. The number of halogens is 3. The smallest absolute Gasteiger partial charge is 0.194 e. The Morgan fingerprint density at radius 3 is 2.44 bits per heavy atom. The molecule has 0 unspecified atom stereocenters. The minimum absolute atomic E-state index is 0.131. The molecule has 0 spiro atoms. The minimum atomic E-state index is -0.410. The van der Waals surface area contributed by atoms with Crippen LogP contribution >= 0.6 is 27.5 Å². The van der Waals surface area contributed by atoms with Gasteiger partial charge in [-0.15, -0.1) is 0 Å². The lowest BCUT2D eigenvalue weighted by atomic mass is 10.0. The van der Waals surface area contributed by atoms with Gasteiger partial charge in [0.1, 0.15) is 5.82 Å². The highest BCUT2D eigenvalue weighted by Crippen LogP contribution is 2.23. The molecule has 0 saturated heterocycles. The lowest BCUT2D eigenvalue weighted by Crippen LogP contribution is -2.03. The molecule has 0 aliphatic carbocycles. The Balaban J connectivity index is 2.46. The number of aryl methyl sites for hydroxylation is 1. The average Bonchev–Trinajstić information content (AvgIpc) is 2.34. The monoisotopic (exact) mass is 326 g/mol. The Bertz CT molecular complexity index is 608. The second-order valence-electron chi connectivity index (χ2n) is 3.92. The molecule has 4 heteroatoms. The van der Waals surface area contributed by atoms with Crippen molar-refractivity contribution in [2.75, 3.05) is 0 Å². The van der Waals surface area contributed by atoms with Gasteiger partial charge in [0, 0.05) is 15.6 Å². The molecule has 0 atom stereocenters. The number of hydrogen-bond acceptors (Lipinski definition) is 1. The molecule has 0 aromatic heterocycles. The first-order valence-corrected chi connectivity index (χ1v) is 6.42. The van der Waals surface area contributed by atoms with Gasteiger partial charge in [-0.25, -0.2) is 4.39 Å². The lowest BCUT2D eigenvalue weighted by molar-refractivity contribution is 0.103. The van der Waals surface area contributed by atoms with Crippen molar-refractivity contribution in [1.82, 2.24) is 0 Å². The Morgan fingerprint density at radius 2 is 1.83 bits per heavy atom. The third kappa shape index (κ3) is 2.62. The van der Waals surface area contributed by atoms with Crippen molar-refractivity contribution in [3.8, 4) is 0 Å². The highest BCUT2D eigenvalue weighted by atomic mass is 79.9. The van der Waals surface area contributed by atoms with E-state index in [-0.39, 0.29) is 10.8 Å². The predicted octanol–water partition coefficient (Wildman–Crippen LogP) is 4.78. The summed E-state index contributed by atoms with van der Waals surface area (Å²) < 4.78 is 14.2. The van der Waals surface area contributed by atoms with Crippen LogP contribution in [0, 0.1) is 12.7 Å². The molecule has 92 valence electrons. The zero-order valence-electron chi connectivity index (χ0n) is 9.51. The molecule has 1 nitrogen and oxygen atoms in total. The van der Waals surface area contributed by atoms with E-state index in [1.807, 2.05) is 0 Å².